The Morgan fingerprint density at radius 3 is 2.59 bits per heavy atom. The normalized spacial score (nSPS) is 11.3. The maximum Gasteiger partial charge on any atom is 0.325 e. The lowest BCUT2D eigenvalue weighted by Crippen LogP contribution is -2.28. The van der Waals surface area contributed by atoms with Crippen LogP contribution in [0.5, 0.6) is 0 Å². The molecule has 0 saturated carbocycles. The van der Waals surface area contributed by atoms with Gasteiger partial charge in [0.2, 0.25) is 0 Å². The van der Waals surface area contributed by atoms with Crippen LogP contribution in [0, 0.1) is 6.92 Å². The van der Waals surface area contributed by atoms with Gasteiger partial charge in [-0.05, 0) is 30.2 Å². The van der Waals surface area contributed by atoms with E-state index in [-0.39, 0.29) is 5.56 Å². The van der Waals surface area contributed by atoms with Crippen molar-refractivity contribution in [3.05, 3.63) is 75.8 Å². The Bertz CT molecular complexity index is 1250. The van der Waals surface area contributed by atoms with Gasteiger partial charge in [-0.15, -0.1) is 0 Å². The van der Waals surface area contributed by atoms with E-state index in [9.17, 15) is 9.59 Å². The quantitative estimate of drug-likeness (QED) is 0.606. The van der Waals surface area contributed by atoms with Crippen LogP contribution >= 0.6 is 0 Å². The van der Waals surface area contributed by atoms with Crippen LogP contribution in [-0.4, -0.2) is 25.4 Å². The Labute approximate surface area is 155 Å². The van der Waals surface area contributed by atoms with Crippen molar-refractivity contribution in [1.29, 1.82) is 0 Å². The molecule has 1 N–H and O–H groups in total. The Hall–Kier alpha value is -3.41. The van der Waals surface area contributed by atoms with E-state index >= 15 is 0 Å². The highest BCUT2D eigenvalue weighted by atomic mass is 16.4. The molecular weight excluding hydrogens is 342 g/mol. The minimum Gasteiger partial charge on any atom is -0.480 e. The molecule has 0 unspecified atom stereocenters. The number of benzene rings is 2. The van der Waals surface area contributed by atoms with Crippen LogP contribution in [0.3, 0.4) is 0 Å². The monoisotopic (exact) mass is 361 g/mol. The van der Waals surface area contributed by atoms with Gasteiger partial charge in [-0.25, -0.2) is 4.68 Å². The molecule has 0 saturated heterocycles. The van der Waals surface area contributed by atoms with Crippen LogP contribution < -0.4 is 5.56 Å². The van der Waals surface area contributed by atoms with Gasteiger partial charge in [0.15, 0.2) is 0 Å². The largest absolute Gasteiger partial charge is 0.480 e. The molecule has 0 spiro atoms. The maximum absolute atomic E-state index is 12.6. The minimum absolute atomic E-state index is 0.383. The fourth-order valence-corrected chi connectivity index (χ4v) is 3.72. The van der Waals surface area contributed by atoms with E-state index < -0.39 is 12.5 Å². The molecule has 0 atom stereocenters. The van der Waals surface area contributed by atoms with Crippen LogP contribution in [0.15, 0.2) is 53.5 Å². The van der Waals surface area contributed by atoms with Crippen LogP contribution in [-0.2, 0) is 24.8 Å². The molecular formula is C21H19N3O3. The predicted octanol–water partition coefficient (Wildman–Crippen LogP) is 2.87. The first-order valence-corrected chi connectivity index (χ1v) is 8.70. The van der Waals surface area contributed by atoms with E-state index in [0.29, 0.717) is 17.5 Å². The molecule has 0 bridgehead atoms. The summed E-state index contributed by atoms with van der Waals surface area (Å²) in [5, 5.41) is 15.9. The van der Waals surface area contributed by atoms with E-state index in [1.54, 1.807) is 12.1 Å². The molecule has 0 radical (unpaired) electrons. The summed E-state index contributed by atoms with van der Waals surface area (Å²) in [4.78, 5) is 23.7. The van der Waals surface area contributed by atoms with Gasteiger partial charge in [0.25, 0.3) is 5.56 Å². The minimum atomic E-state index is -1.09. The van der Waals surface area contributed by atoms with Crippen molar-refractivity contribution in [3.8, 4) is 0 Å². The second-order valence-corrected chi connectivity index (χ2v) is 6.76. The Balaban J connectivity index is 1.94. The van der Waals surface area contributed by atoms with E-state index in [2.05, 4.69) is 34.9 Å². The predicted molar refractivity (Wildman–Crippen MR) is 104 cm³/mol. The number of aromatic nitrogens is 3. The SMILES string of the molecule is Cc1cccc2c1c(Cc1nn(CC(=O)O)c(=O)c3ccccc13)cn2C. The molecule has 0 aliphatic rings. The molecule has 6 nitrogen and oxygen atoms in total. The van der Waals surface area contributed by atoms with Crippen LogP contribution in [0.2, 0.25) is 0 Å². The second kappa shape index (κ2) is 6.39. The summed E-state index contributed by atoms with van der Waals surface area (Å²) in [6.45, 7) is 1.62. The highest BCUT2D eigenvalue weighted by Crippen LogP contribution is 2.27. The first-order valence-electron chi connectivity index (χ1n) is 8.70. The topological polar surface area (TPSA) is 77.1 Å². The van der Waals surface area contributed by atoms with E-state index in [1.807, 2.05) is 25.2 Å². The number of hydrogen-bond donors (Lipinski definition) is 1. The number of aryl methyl sites for hydroxylation is 2. The van der Waals surface area contributed by atoms with Crippen molar-refractivity contribution in [1.82, 2.24) is 14.3 Å². The lowest BCUT2D eigenvalue weighted by Gasteiger charge is -2.10. The number of nitrogens with zero attached hydrogens (tertiary/aromatic N) is 3. The molecule has 4 rings (SSSR count). The molecule has 27 heavy (non-hydrogen) atoms. The van der Waals surface area contributed by atoms with E-state index in [1.165, 1.54) is 10.9 Å². The summed E-state index contributed by atoms with van der Waals surface area (Å²) in [5.41, 5.74) is 3.72. The molecule has 0 amide bonds. The molecule has 4 aromatic rings. The van der Waals surface area contributed by atoms with Crippen molar-refractivity contribution < 1.29 is 9.90 Å². The zero-order valence-electron chi connectivity index (χ0n) is 15.1. The molecule has 0 aliphatic heterocycles. The fourth-order valence-electron chi connectivity index (χ4n) is 3.72. The Kier molecular flexibility index (Phi) is 4.03. The summed E-state index contributed by atoms with van der Waals surface area (Å²) >= 11 is 0. The number of fused-ring (bicyclic) bond motifs is 2. The van der Waals surface area contributed by atoms with Crippen molar-refractivity contribution in [3.63, 3.8) is 0 Å². The number of aliphatic carboxylic acids is 1. The Morgan fingerprint density at radius 2 is 1.85 bits per heavy atom. The van der Waals surface area contributed by atoms with Crippen molar-refractivity contribution in [2.45, 2.75) is 19.9 Å². The standard InChI is InChI=1S/C21H19N3O3/c1-13-6-5-9-18-20(13)14(11-23(18)2)10-17-15-7-3-4-8-16(15)21(27)24(22-17)12-19(25)26/h3-9,11H,10,12H2,1-2H3,(H,25,26). The third kappa shape index (κ3) is 2.89. The zero-order chi connectivity index (χ0) is 19.1. The average molecular weight is 361 g/mol. The first kappa shape index (κ1) is 17.0. The van der Waals surface area contributed by atoms with E-state index in [0.717, 1.165) is 21.1 Å². The first-order chi connectivity index (χ1) is 13.0. The molecule has 2 heterocycles. The lowest BCUT2D eigenvalue weighted by molar-refractivity contribution is -0.138. The lowest BCUT2D eigenvalue weighted by atomic mass is 10.0. The third-order valence-electron chi connectivity index (χ3n) is 4.89. The van der Waals surface area contributed by atoms with Crippen LogP contribution in [0.1, 0.15) is 16.8 Å². The Morgan fingerprint density at radius 1 is 1.11 bits per heavy atom. The number of hydrogen-bond acceptors (Lipinski definition) is 3. The number of carbonyl (C=O) groups is 1. The highest BCUT2D eigenvalue weighted by Gasteiger charge is 2.15. The van der Waals surface area contributed by atoms with Gasteiger partial charge in [0.05, 0.1) is 11.1 Å². The fraction of sp³-hybridized carbons (Fsp3) is 0.190. The average Bonchev–Trinajstić information content (AvgIpc) is 2.96. The van der Waals surface area contributed by atoms with E-state index in [4.69, 9.17) is 5.11 Å². The van der Waals surface area contributed by atoms with Gasteiger partial charge in [-0.3, -0.25) is 9.59 Å². The molecule has 2 aromatic heterocycles. The second-order valence-electron chi connectivity index (χ2n) is 6.76. The molecule has 0 aliphatic carbocycles. The summed E-state index contributed by atoms with van der Waals surface area (Å²) in [6, 6.07) is 13.4. The van der Waals surface area contributed by atoms with Crippen LogP contribution in [0.25, 0.3) is 21.7 Å². The molecule has 136 valence electrons. The summed E-state index contributed by atoms with van der Waals surface area (Å²) in [7, 11) is 2.00. The number of rotatable bonds is 4. The highest BCUT2D eigenvalue weighted by molar-refractivity contribution is 5.89. The van der Waals surface area contributed by atoms with Gasteiger partial charge >= 0.3 is 5.97 Å². The summed E-state index contributed by atoms with van der Waals surface area (Å²) in [6.07, 6.45) is 2.59. The van der Waals surface area contributed by atoms with Gasteiger partial charge in [0, 0.05) is 36.0 Å². The molecule has 6 heteroatoms. The molecule has 2 aromatic carbocycles. The van der Waals surface area contributed by atoms with Crippen molar-refractivity contribution >= 4 is 27.6 Å². The van der Waals surface area contributed by atoms with Crippen molar-refractivity contribution in [2.75, 3.05) is 0 Å². The van der Waals surface area contributed by atoms with Gasteiger partial charge < -0.3 is 9.67 Å². The van der Waals surface area contributed by atoms with Crippen LogP contribution in [0.4, 0.5) is 0 Å². The third-order valence-corrected chi connectivity index (χ3v) is 4.89. The maximum atomic E-state index is 12.6. The molecule has 0 fully saturated rings. The number of carboxylic acids is 1. The summed E-state index contributed by atoms with van der Waals surface area (Å²) in [5.74, 6) is -1.09. The van der Waals surface area contributed by atoms with Gasteiger partial charge in [0.1, 0.15) is 6.54 Å². The zero-order valence-corrected chi connectivity index (χ0v) is 15.1. The van der Waals surface area contributed by atoms with Gasteiger partial charge in [-0.2, -0.15) is 5.10 Å². The number of carboxylic acid groups (broad SMARTS) is 1. The summed E-state index contributed by atoms with van der Waals surface area (Å²) < 4.78 is 3.12. The van der Waals surface area contributed by atoms with Gasteiger partial charge in [-0.1, -0.05) is 30.3 Å². The smallest absolute Gasteiger partial charge is 0.325 e. The van der Waals surface area contributed by atoms with Crippen molar-refractivity contribution in [2.24, 2.45) is 7.05 Å².